The van der Waals surface area contributed by atoms with E-state index in [1.54, 1.807) is 30.3 Å². The normalized spacial score (nSPS) is 18.0. The van der Waals surface area contributed by atoms with E-state index >= 15 is 0 Å². The predicted molar refractivity (Wildman–Crippen MR) is 113 cm³/mol. The summed E-state index contributed by atoms with van der Waals surface area (Å²) in [5.74, 6) is -0.386. The van der Waals surface area contributed by atoms with Gasteiger partial charge in [0.05, 0.1) is 10.8 Å². The van der Waals surface area contributed by atoms with Gasteiger partial charge in [0.15, 0.2) is 0 Å². The van der Waals surface area contributed by atoms with Crippen molar-refractivity contribution in [1.82, 2.24) is 14.6 Å². The SMILES string of the molecule is O=C(NCCc1c[nH]c2ccccc12)[C@@H]1CCCN(S(=O)(=O)c2ccccc2)C1. The highest BCUT2D eigenvalue weighted by Crippen LogP contribution is 2.24. The lowest BCUT2D eigenvalue weighted by atomic mass is 9.99. The number of hydrogen-bond acceptors (Lipinski definition) is 3. The highest BCUT2D eigenvalue weighted by atomic mass is 32.2. The summed E-state index contributed by atoms with van der Waals surface area (Å²) < 4.78 is 27.1. The van der Waals surface area contributed by atoms with E-state index in [1.165, 1.54) is 9.69 Å². The number of H-pyrrole nitrogens is 1. The number of nitrogens with zero attached hydrogens (tertiary/aromatic N) is 1. The van der Waals surface area contributed by atoms with Crippen LogP contribution in [0.25, 0.3) is 10.9 Å². The van der Waals surface area contributed by atoms with Crippen LogP contribution in [0, 0.1) is 5.92 Å². The molecule has 0 radical (unpaired) electrons. The van der Waals surface area contributed by atoms with Gasteiger partial charge in [-0.25, -0.2) is 8.42 Å². The summed E-state index contributed by atoms with van der Waals surface area (Å²) in [6, 6.07) is 16.5. The second-order valence-electron chi connectivity index (χ2n) is 7.42. The molecule has 7 heteroatoms. The zero-order valence-corrected chi connectivity index (χ0v) is 17.0. The number of piperidine rings is 1. The van der Waals surface area contributed by atoms with Gasteiger partial charge in [-0.2, -0.15) is 4.31 Å². The minimum atomic E-state index is -3.56. The Balaban J connectivity index is 1.35. The van der Waals surface area contributed by atoms with Gasteiger partial charge in [-0.15, -0.1) is 0 Å². The van der Waals surface area contributed by atoms with Gasteiger partial charge in [-0.05, 0) is 43.0 Å². The number of nitrogens with one attached hydrogen (secondary N) is 2. The number of benzene rings is 2. The molecule has 29 heavy (non-hydrogen) atoms. The van der Waals surface area contributed by atoms with Crippen molar-refractivity contribution in [3.05, 3.63) is 66.4 Å². The highest BCUT2D eigenvalue weighted by molar-refractivity contribution is 7.89. The van der Waals surface area contributed by atoms with Gasteiger partial charge in [-0.3, -0.25) is 4.79 Å². The van der Waals surface area contributed by atoms with Crippen LogP contribution in [0.4, 0.5) is 0 Å². The fourth-order valence-electron chi connectivity index (χ4n) is 3.92. The Morgan fingerprint density at radius 1 is 1.10 bits per heavy atom. The van der Waals surface area contributed by atoms with E-state index in [1.807, 2.05) is 24.4 Å². The monoisotopic (exact) mass is 411 g/mol. The number of rotatable bonds is 6. The number of aromatic nitrogens is 1. The third kappa shape index (κ3) is 4.21. The van der Waals surface area contributed by atoms with Crippen molar-refractivity contribution in [3.8, 4) is 0 Å². The van der Waals surface area contributed by atoms with Crippen molar-refractivity contribution >= 4 is 26.8 Å². The number of fused-ring (bicyclic) bond motifs is 1. The molecule has 2 N–H and O–H groups in total. The van der Waals surface area contributed by atoms with Crippen LogP contribution in [0.15, 0.2) is 65.7 Å². The van der Waals surface area contributed by atoms with Gasteiger partial charge in [0.2, 0.25) is 15.9 Å². The number of para-hydroxylation sites is 1. The third-order valence-corrected chi connectivity index (χ3v) is 7.38. The zero-order valence-electron chi connectivity index (χ0n) is 16.2. The first-order valence-corrected chi connectivity index (χ1v) is 11.4. The zero-order chi connectivity index (χ0) is 20.3. The summed E-state index contributed by atoms with van der Waals surface area (Å²) in [4.78, 5) is 16.2. The topological polar surface area (TPSA) is 82.3 Å². The smallest absolute Gasteiger partial charge is 0.243 e. The van der Waals surface area contributed by atoms with E-state index in [0.717, 1.165) is 17.5 Å². The maximum atomic E-state index is 12.8. The Morgan fingerprint density at radius 3 is 2.69 bits per heavy atom. The summed E-state index contributed by atoms with van der Waals surface area (Å²) >= 11 is 0. The lowest BCUT2D eigenvalue weighted by Gasteiger charge is -2.31. The molecule has 4 rings (SSSR count). The van der Waals surface area contributed by atoms with Gasteiger partial charge in [0, 0.05) is 36.7 Å². The fourth-order valence-corrected chi connectivity index (χ4v) is 5.46. The number of sulfonamides is 1. The largest absolute Gasteiger partial charge is 0.361 e. The van der Waals surface area contributed by atoms with Crippen LogP contribution in [-0.2, 0) is 21.2 Å². The lowest BCUT2D eigenvalue weighted by Crippen LogP contribution is -2.45. The molecule has 1 aromatic heterocycles. The van der Waals surface area contributed by atoms with Gasteiger partial charge < -0.3 is 10.3 Å². The van der Waals surface area contributed by atoms with Crippen molar-refractivity contribution in [3.63, 3.8) is 0 Å². The van der Waals surface area contributed by atoms with Crippen LogP contribution in [0.1, 0.15) is 18.4 Å². The van der Waals surface area contributed by atoms with E-state index in [4.69, 9.17) is 0 Å². The summed E-state index contributed by atoms with van der Waals surface area (Å²) in [5, 5.41) is 4.16. The van der Waals surface area contributed by atoms with E-state index in [9.17, 15) is 13.2 Å². The molecule has 1 atom stereocenters. The van der Waals surface area contributed by atoms with Gasteiger partial charge in [0.25, 0.3) is 0 Å². The van der Waals surface area contributed by atoms with Crippen LogP contribution in [0.5, 0.6) is 0 Å². The van der Waals surface area contributed by atoms with Crippen LogP contribution in [-0.4, -0.2) is 43.2 Å². The van der Waals surface area contributed by atoms with Crippen molar-refractivity contribution in [2.45, 2.75) is 24.2 Å². The molecule has 0 saturated carbocycles. The first kappa shape index (κ1) is 19.7. The van der Waals surface area contributed by atoms with Gasteiger partial charge in [-0.1, -0.05) is 36.4 Å². The maximum absolute atomic E-state index is 12.8. The van der Waals surface area contributed by atoms with Crippen molar-refractivity contribution in [2.24, 2.45) is 5.92 Å². The molecule has 2 aromatic carbocycles. The summed E-state index contributed by atoms with van der Waals surface area (Å²) in [7, 11) is -3.56. The number of carbonyl (C=O) groups is 1. The van der Waals surface area contributed by atoms with E-state index in [-0.39, 0.29) is 23.3 Å². The van der Waals surface area contributed by atoms with Crippen LogP contribution < -0.4 is 5.32 Å². The van der Waals surface area contributed by atoms with Crippen LogP contribution in [0.3, 0.4) is 0 Å². The number of amides is 1. The lowest BCUT2D eigenvalue weighted by molar-refractivity contribution is -0.126. The first-order valence-electron chi connectivity index (χ1n) is 9.93. The Bertz CT molecular complexity index is 1090. The molecule has 6 nitrogen and oxygen atoms in total. The minimum absolute atomic E-state index is 0.0715. The van der Waals surface area contributed by atoms with Crippen molar-refractivity contribution < 1.29 is 13.2 Å². The standard InChI is InChI=1S/C22H25N3O3S/c26-22(23-13-12-17-15-24-21-11-5-4-10-20(17)21)18-7-6-14-25(16-18)29(27,28)19-8-2-1-3-9-19/h1-5,8-11,15,18,24H,6-7,12-14,16H2,(H,23,26)/t18-/m1/s1. The van der Waals surface area contributed by atoms with Gasteiger partial charge in [0.1, 0.15) is 0 Å². The Kier molecular flexibility index (Phi) is 5.69. The number of carbonyl (C=O) groups excluding carboxylic acids is 1. The molecule has 0 unspecified atom stereocenters. The number of hydrogen-bond donors (Lipinski definition) is 2. The average Bonchev–Trinajstić information content (AvgIpc) is 3.17. The Morgan fingerprint density at radius 2 is 1.86 bits per heavy atom. The second-order valence-corrected chi connectivity index (χ2v) is 9.35. The van der Waals surface area contributed by atoms with Crippen LogP contribution in [0.2, 0.25) is 0 Å². The molecule has 1 saturated heterocycles. The first-order chi connectivity index (χ1) is 14.1. The quantitative estimate of drug-likeness (QED) is 0.654. The maximum Gasteiger partial charge on any atom is 0.243 e. The minimum Gasteiger partial charge on any atom is -0.361 e. The summed E-state index contributed by atoms with van der Waals surface area (Å²) in [6.45, 7) is 1.22. The molecule has 0 aliphatic carbocycles. The fraction of sp³-hybridized carbons (Fsp3) is 0.318. The van der Waals surface area contributed by atoms with Crippen molar-refractivity contribution in [1.29, 1.82) is 0 Å². The van der Waals surface area contributed by atoms with Crippen LogP contribution >= 0.6 is 0 Å². The molecule has 2 heterocycles. The van der Waals surface area contributed by atoms with Gasteiger partial charge >= 0.3 is 0 Å². The van der Waals surface area contributed by atoms with E-state index < -0.39 is 10.0 Å². The Hall–Kier alpha value is -2.64. The molecule has 152 valence electrons. The molecular weight excluding hydrogens is 386 g/mol. The molecule has 0 spiro atoms. The van der Waals surface area contributed by atoms with Crippen molar-refractivity contribution in [2.75, 3.05) is 19.6 Å². The molecule has 0 bridgehead atoms. The molecule has 1 fully saturated rings. The summed E-state index contributed by atoms with van der Waals surface area (Å²) in [5.41, 5.74) is 2.25. The molecule has 1 aliphatic heterocycles. The second kappa shape index (κ2) is 8.39. The highest BCUT2D eigenvalue weighted by Gasteiger charge is 2.33. The molecule has 3 aromatic rings. The predicted octanol–water partition coefficient (Wildman–Crippen LogP) is 2.93. The molecular formula is C22H25N3O3S. The number of aromatic amines is 1. The Labute approximate surface area is 171 Å². The van der Waals surface area contributed by atoms with E-state index in [2.05, 4.69) is 16.4 Å². The third-order valence-electron chi connectivity index (χ3n) is 5.50. The average molecular weight is 412 g/mol. The molecule has 1 aliphatic rings. The summed E-state index contributed by atoms with van der Waals surface area (Å²) in [6.07, 6.45) is 4.10. The molecule has 1 amide bonds. The van der Waals surface area contributed by atoms with E-state index in [0.29, 0.717) is 25.9 Å².